The molecule has 1 heterocycles. The summed E-state index contributed by atoms with van der Waals surface area (Å²) in [6.07, 6.45) is 0. The number of benzene rings is 2. The van der Waals surface area contributed by atoms with Crippen LogP contribution in [0.5, 0.6) is 0 Å². The van der Waals surface area contributed by atoms with Crippen LogP contribution in [-0.4, -0.2) is 11.0 Å². The standard InChI is InChI=1S/C21H24Cl2N2/c1-12-7-14(3)18(15(4)8-12)24-11-25(21(23)20(24)22)19-16(5)9-13(2)10-17(19)6/h7-10,20-21H,1-6H3. The molecule has 2 aromatic carbocycles. The first-order chi connectivity index (χ1) is 11.7. The number of rotatable bonds is 2. The van der Waals surface area contributed by atoms with Crippen molar-refractivity contribution in [2.24, 2.45) is 0 Å². The zero-order valence-corrected chi connectivity index (χ0v) is 17.1. The molecule has 2 atom stereocenters. The molecule has 2 radical (unpaired) electrons. The SMILES string of the molecule is Cc1cc(C)c(N2[C]N(c3c(C)cc(C)cc3C)C(Cl)C2Cl)c(C)c1. The zero-order valence-electron chi connectivity index (χ0n) is 15.6. The molecule has 0 bridgehead atoms. The van der Waals surface area contributed by atoms with Crippen molar-refractivity contribution in [2.75, 3.05) is 9.80 Å². The van der Waals surface area contributed by atoms with E-state index in [9.17, 15) is 0 Å². The van der Waals surface area contributed by atoms with Gasteiger partial charge in [-0.3, -0.25) is 0 Å². The minimum atomic E-state index is -0.387. The Labute approximate surface area is 161 Å². The lowest BCUT2D eigenvalue weighted by atomic mass is 10.0. The summed E-state index contributed by atoms with van der Waals surface area (Å²) in [5.41, 5.74) is 8.60. The number of nitrogens with zero attached hydrogens (tertiary/aromatic N) is 2. The van der Waals surface area contributed by atoms with E-state index in [0.29, 0.717) is 0 Å². The van der Waals surface area contributed by atoms with Crippen LogP contribution in [0.1, 0.15) is 33.4 Å². The summed E-state index contributed by atoms with van der Waals surface area (Å²) in [6, 6.07) is 8.67. The molecular weight excluding hydrogens is 351 g/mol. The van der Waals surface area contributed by atoms with Crippen molar-refractivity contribution in [3.63, 3.8) is 0 Å². The van der Waals surface area contributed by atoms with Gasteiger partial charge in [-0.05, 0) is 63.8 Å². The highest BCUT2D eigenvalue weighted by Gasteiger charge is 2.41. The summed E-state index contributed by atoms with van der Waals surface area (Å²) >= 11 is 13.4. The number of hydrogen-bond acceptors (Lipinski definition) is 2. The Hall–Kier alpha value is -1.38. The molecule has 0 aliphatic carbocycles. The van der Waals surface area contributed by atoms with Gasteiger partial charge < -0.3 is 9.80 Å². The summed E-state index contributed by atoms with van der Waals surface area (Å²) in [5, 5.41) is 0. The molecular formula is C21H24Cl2N2. The van der Waals surface area contributed by atoms with E-state index in [4.69, 9.17) is 23.2 Å². The highest BCUT2D eigenvalue weighted by molar-refractivity contribution is 6.32. The highest BCUT2D eigenvalue weighted by Crippen LogP contribution is 2.42. The van der Waals surface area contributed by atoms with Crippen molar-refractivity contribution in [3.05, 3.63) is 64.3 Å². The topological polar surface area (TPSA) is 6.48 Å². The Morgan fingerprint density at radius 1 is 0.640 bits per heavy atom. The average Bonchev–Trinajstić information content (AvgIpc) is 2.74. The monoisotopic (exact) mass is 374 g/mol. The van der Waals surface area contributed by atoms with Crippen LogP contribution in [0.4, 0.5) is 11.4 Å². The van der Waals surface area contributed by atoms with Crippen LogP contribution in [0.15, 0.2) is 24.3 Å². The van der Waals surface area contributed by atoms with Crippen molar-refractivity contribution in [3.8, 4) is 0 Å². The van der Waals surface area contributed by atoms with Crippen molar-refractivity contribution >= 4 is 34.6 Å². The summed E-state index contributed by atoms with van der Waals surface area (Å²) in [7, 11) is 0. The molecule has 25 heavy (non-hydrogen) atoms. The van der Waals surface area contributed by atoms with Gasteiger partial charge in [0, 0.05) is 11.4 Å². The summed E-state index contributed by atoms with van der Waals surface area (Å²) < 4.78 is 0. The quantitative estimate of drug-likeness (QED) is 0.470. The Kier molecular flexibility index (Phi) is 4.96. The third kappa shape index (κ3) is 3.22. The molecule has 0 amide bonds. The van der Waals surface area contributed by atoms with Gasteiger partial charge in [-0.1, -0.05) is 58.6 Å². The molecule has 132 valence electrons. The lowest BCUT2D eigenvalue weighted by Gasteiger charge is -2.25. The maximum atomic E-state index is 6.72. The van der Waals surface area contributed by atoms with Crippen molar-refractivity contribution < 1.29 is 0 Å². The number of anilines is 2. The average molecular weight is 375 g/mol. The number of halogens is 2. The lowest BCUT2D eigenvalue weighted by Crippen LogP contribution is -2.29. The molecule has 0 saturated carbocycles. The van der Waals surface area contributed by atoms with E-state index < -0.39 is 0 Å². The molecule has 0 N–H and O–H groups in total. The first-order valence-corrected chi connectivity index (χ1v) is 9.36. The van der Waals surface area contributed by atoms with Crippen LogP contribution in [0.3, 0.4) is 0 Å². The Morgan fingerprint density at radius 3 is 1.20 bits per heavy atom. The molecule has 1 aliphatic heterocycles. The maximum absolute atomic E-state index is 6.72. The van der Waals surface area contributed by atoms with Crippen LogP contribution in [-0.2, 0) is 0 Å². The molecule has 2 aromatic rings. The van der Waals surface area contributed by atoms with Crippen LogP contribution in [0.2, 0.25) is 0 Å². The Balaban J connectivity index is 2.03. The van der Waals surface area contributed by atoms with Gasteiger partial charge >= 0.3 is 0 Å². The van der Waals surface area contributed by atoms with Gasteiger partial charge in [0.1, 0.15) is 11.0 Å². The van der Waals surface area contributed by atoms with E-state index in [1.165, 1.54) is 33.4 Å². The maximum Gasteiger partial charge on any atom is 0.211 e. The summed E-state index contributed by atoms with van der Waals surface area (Å²) in [4.78, 5) is 3.95. The molecule has 1 fully saturated rings. The number of alkyl halides is 2. The zero-order chi connectivity index (χ0) is 18.5. The van der Waals surface area contributed by atoms with Crippen LogP contribution >= 0.6 is 23.2 Å². The normalized spacial score (nSPS) is 20.5. The second kappa shape index (κ2) is 6.74. The summed E-state index contributed by atoms with van der Waals surface area (Å²) in [5.74, 6) is 0. The van der Waals surface area contributed by atoms with Gasteiger partial charge in [0.2, 0.25) is 6.67 Å². The van der Waals surface area contributed by atoms with E-state index >= 15 is 0 Å². The molecule has 1 saturated heterocycles. The van der Waals surface area contributed by atoms with Gasteiger partial charge in [-0.25, -0.2) is 0 Å². The minimum Gasteiger partial charge on any atom is -0.321 e. The van der Waals surface area contributed by atoms with Gasteiger partial charge in [0.25, 0.3) is 0 Å². The lowest BCUT2D eigenvalue weighted by molar-refractivity contribution is 0.875. The van der Waals surface area contributed by atoms with E-state index in [1.54, 1.807) is 0 Å². The van der Waals surface area contributed by atoms with Crippen LogP contribution in [0, 0.1) is 48.2 Å². The Bertz CT molecular complexity index is 702. The Morgan fingerprint density at radius 2 is 0.920 bits per heavy atom. The predicted octanol–water partition coefficient (Wildman–Crippen LogP) is 5.99. The molecule has 0 spiro atoms. The summed E-state index contributed by atoms with van der Waals surface area (Å²) in [6.45, 7) is 16.1. The fourth-order valence-corrected chi connectivity index (χ4v) is 4.43. The van der Waals surface area contributed by atoms with E-state index in [1.807, 2.05) is 9.80 Å². The largest absolute Gasteiger partial charge is 0.321 e. The fourth-order valence-electron chi connectivity index (χ4n) is 3.92. The smallest absolute Gasteiger partial charge is 0.211 e. The van der Waals surface area contributed by atoms with E-state index in [0.717, 1.165) is 11.4 Å². The van der Waals surface area contributed by atoms with Gasteiger partial charge in [-0.15, -0.1) is 0 Å². The van der Waals surface area contributed by atoms with Crippen molar-refractivity contribution in [2.45, 2.75) is 52.5 Å². The molecule has 4 heteroatoms. The van der Waals surface area contributed by atoms with Crippen molar-refractivity contribution in [1.82, 2.24) is 0 Å². The molecule has 0 aromatic heterocycles. The first-order valence-electron chi connectivity index (χ1n) is 8.49. The molecule has 2 unspecified atom stereocenters. The van der Waals surface area contributed by atoms with Crippen molar-refractivity contribution in [1.29, 1.82) is 0 Å². The van der Waals surface area contributed by atoms with Crippen LogP contribution < -0.4 is 9.80 Å². The highest BCUT2D eigenvalue weighted by atomic mass is 35.5. The van der Waals surface area contributed by atoms with E-state index in [2.05, 4.69) is 72.5 Å². The third-order valence-corrected chi connectivity index (χ3v) is 5.69. The van der Waals surface area contributed by atoms with E-state index in [-0.39, 0.29) is 11.0 Å². The molecule has 1 aliphatic rings. The first kappa shape index (κ1) is 18.4. The molecule has 3 rings (SSSR count). The van der Waals surface area contributed by atoms with Gasteiger partial charge in [0.15, 0.2) is 0 Å². The van der Waals surface area contributed by atoms with Gasteiger partial charge in [0.05, 0.1) is 0 Å². The number of hydrogen-bond donors (Lipinski definition) is 0. The second-order valence-corrected chi connectivity index (χ2v) is 7.97. The fraction of sp³-hybridized carbons (Fsp3) is 0.381. The predicted molar refractivity (Wildman–Crippen MR) is 109 cm³/mol. The van der Waals surface area contributed by atoms with Crippen LogP contribution in [0.25, 0.3) is 0 Å². The third-order valence-electron chi connectivity index (χ3n) is 4.69. The second-order valence-electron chi connectivity index (χ2n) is 7.08. The minimum absolute atomic E-state index is 0.387. The number of aryl methyl sites for hydroxylation is 6. The van der Waals surface area contributed by atoms with Gasteiger partial charge in [-0.2, -0.15) is 0 Å². The molecule has 2 nitrogen and oxygen atoms in total.